The highest BCUT2D eigenvalue weighted by atomic mass is 32.2. The molecule has 23 heavy (non-hydrogen) atoms. The van der Waals surface area contributed by atoms with E-state index in [1.165, 1.54) is 7.11 Å². The molecule has 2 atom stereocenters. The SMILES string of the molecule is COCCS(=O)(=O)Nc1cccc(C2(O)C3CCC2CNC3)c1. The second-order valence-corrected chi connectivity index (χ2v) is 8.29. The Hall–Kier alpha value is -1.15. The molecule has 1 aromatic rings. The van der Waals surface area contributed by atoms with Crippen LogP contribution in [0.25, 0.3) is 0 Å². The number of hydrogen-bond acceptors (Lipinski definition) is 5. The number of methoxy groups -OCH3 is 1. The molecule has 0 amide bonds. The van der Waals surface area contributed by atoms with Crippen LogP contribution in [0.3, 0.4) is 0 Å². The van der Waals surface area contributed by atoms with Gasteiger partial charge in [-0.1, -0.05) is 12.1 Å². The van der Waals surface area contributed by atoms with Crippen LogP contribution < -0.4 is 10.0 Å². The standard InChI is InChI=1S/C16H24N2O4S/c1-22-7-8-23(20,21)18-15-4-2-3-12(9-15)16(19)13-5-6-14(16)11-17-10-13/h2-4,9,13-14,17-19H,5-8,10-11H2,1H3. The molecule has 0 aromatic heterocycles. The van der Waals surface area contributed by atoms with Gasteiger partial charge in [0.25, 0.3) is 0 Å². The van der Waals surface area contributed by atoms with Crippen molar-refractivity contribution in [2.24, 2.45) is 11.8 Å². The lowest BCUT2D eigenvalue weighted by molar-refractivity contribution is -0.0575. The predicted octanol–water partition coefficient (Wildman–Crippen LogP) is 0.892. The van der Waals surface area contributed by atoms with Crippen molar-refractivity contribution < 1.29 is 18.3 Å². The number of fused-ring (bicyclic) bond motifs is 2. The summed E-state index contributed by atoms with van der Waals surface area (Å²) in [6, 6.07) is 7.16. The van der Waals surface area contributed by atoms with Gasteiger partial charge in [0.05, 0.1) is 18.0 Å². The second-order valence-electron chi connectivity index (χ2n) is 6.45. The van der Waals surface area contributed by atoms with Crippen LogP contribution in [-0.4, -0.2) is 46.1 Å². The van der Waals surface area contributed by atoms with Crippen molar-refractivity contribution in [3.8, 4) is 0 Å². The highest BCUT2D eigenvalue weighted by molar-refractivity contribution is 7.92. The molecule has 1 aliphatic carbocycles. The first-order valence-corrected chi connectivity index (χ1v) is 9.64. The van der Waals surface area contributed by atoms with Crippen molar-refractivity contribution in [2.75, 3.05) is 37.3 Å². The fraction of sp³-hybridized carbons (Fsp3) is 0.625. The maximum absolute atomic E-state index is 12.0. The minimum absolute atomic E-state index is 0.0901. The highest BCUT2D eigenvalue weighted by Gasteiger charge is 2.51. The van der Waals surface area contributed by atoms with Crippen LogP contribution in [0, 0.1) is 11.8 Å². The first-order valence-electron chi connectivity index (χ1n) is 7.99. The van der Waals surface area contributed by atoms with Crippen LogP contribution in [0.4, 0.5) is 5.69 Å². The molecular formula is C16H24N2O4S. The Bertz CT molecular complexity index is 646. The third-order valence-electron chi connectivity index (χ3n) is 5.04. The Labute approximate surface area is 137 Å². The van der Waals surface area contributed by atoms with Gasteiger partial charge >= 0.3 is 0 Å². The van der Waals surface area contributed by atoms with Crippen molar-refractivity contribution in [3.63, 3.8) is 0 Å². The van der Waals surface area contributed by atoms with Crippen LogP contribution in [0.1, 0.15) is 18.4 Å². The number of rotatable bonds is 6. The maximum atomic E-state index is 12.0. The number of nitrogens with one attached hydrogen (secondary N) is 2. The number of piperidine rings is 1. The number of hydrogen-bond donors (Lipinski definition) is 3. The average Bonchev–Trinajstić information content (AvgIpc) is 2.71. The molecule has 7 heteroatoms. The van der Waals surface area contributed by atoms with E-state index < -0.39 is 15.6 Å². The minimum Gasteiger partial charge on any atom is -0.384 e. The summed E-state index contributed by atoms with van der Waals surface area (Å²) in [7, 11) is -1.97. The van der Waals surface area contributed by atoms with E-state index in [9.17, 15) is 13.5 Å². The zero-order valence-electron chi connectivity index (χ0n) is 13.3. The molecule has 0 spiro atoms. The van der Waals surface area contributed by atoms with Crippen molar-refractivity contribution >= 4 is 15.7 Å². The molecule has 1 saturated heterocycles. The van der Waals surface area contributed by atoms with Crippen molar-refractivity contribution in [1.82, 2.24) is 5.32 Å². The summed E-state index contributed by atoms with van der Waals surface area (Å²) in [4.78, 5) is 0. The van der Waals surface area contributed by atoms with Gasteiger partial charge in [0.2, 0.25) is 10.0 Å². The number of aliphatic hydroxyl groups is 1. The van der Waals surface area contributed by atoms with Gasteiger partial charge in [0, 0.05) is 37.7 Å². The molecule has 2 unspecified atom stereocenters. The van der Waals surface area contributed by atoms with Crippen LogP contribution in [0.2, 0.25) is 0 Å². The van der Waals surface area contributed by atoms with Gasteiger partial charge in [-0.3, -0.25) is 4.72 Å². The molecule has 6 nitrogen and oxygen atoms in total. The first kappa shape index (κ1) is 16.7. The predicted molar refractivity (Wildman–Crippen MR) is 88.7 cm³/mol. The van der Waals surface area contributed by atoms with Gasteiger partial charge in [0.15, 0.2) is 0 Å². The van der Waals surface area contributed by atoms with E-state index in [4.69, 9.17) is 4.74 Å². The molecule has 1 aromatic carbocycles. The number of ether oxygens (including phenoxy) is 1. The van der Waals surface area contributed by atoms with Gasteiger partial charge in [-0.15, -0.1) is 0 Å². The van der Waals surface area contributed by atoms with Gasteiger partial charge < -0.3 is 15.2 Å². The van der Waals surface area contributed by atoms with Crippen LogP contribution in [0.5, 0.6) is 0 Å². The number of sulfonamides is 1. The Morgan fingerprint density at radius 1 is 1.35 bits per heavy atom. The van der Waals surface area contributed by atoms with Crippen molar-refractivity contribution in [3.05, 3.63) is 29.8 Å². The molecule has 128 valence electrons. The fourth-order valence-corrected chi connectivity index (χ4v) is 4.82. The summed E-state index contributed by atoms with van der Waals surface area (Å²) in [5, 5.41) is 14.6. The van der Waals surface area contributed by atoms with E-state index in [0.29, 0.717) is 5.69 Å². The number of benzene rings is 1. The molecule has 1 heterocycles. The summed E-state index contributed by atoms with van der Waals surface area (Å²) in [6.45, 7) is 1.75. The Balaban J connectivity index is 1.83. The highest BCUT2D eigenvalue weighted by Crippen LogP contribution is 2.49. The monoisotopic (exact) mass is 340 g/mol. The molecule has 2 aliphatic rings. The molecule has 0 radical (unpaired) electrons. The molecule has 2 bridgehead atoms. The van der Waals surface area contributed by atoms with E-state index in [-0.39, 0.29) is 24.2 Å². The summed E-state index contributed by atoms with van der Waals surface area (Å²) in [5.41, 5.74) is 0.433. The Kier molecular flexibility index (Phi) is 4.64. The van der Waals surface area contributed by atoms with Gasteiger partial charge in [-0.25, -0.2) is 8.42 Å². The summed E-state index contributed by atoms with van der Waals surface area (Å²) < 4.78 is 31.4. The molecule has 1 aliphatic heterocycles. The normalized spacial score (nSPS) is 30.3. The fourth-order valence-electron chi connectivity index (χ4n) is 3.85. The summed E-state index contributed by atoms with van der Waals surface area (Å²) >= 11 is 0. The third kappa shape index (κ3) is 3.24. The quantitative estimate of drug-likeness (QED) is 0.716. The van der Waals surface area contributed by atoms with E-state index in [2.05, 4.69) is 10.0 Å². The summed E-state index contributed by atoms with van der Waals surface area (Å²) in [5.74, 6) is 0.274. The molecule has 1 saturated carbocycles. The van der Waals surface area contributed by atoms with E-state index in [1.54, 1.807) is 18.2 Å². The average molecular weight is 340 g/mol. The van der Waals surface area contributed by atoms with Gasteiger partial charge in [-0.2, -0.15) is 0 Å². The lowest BCUT2D eigenvalue weighted by Crippen LogP contribution is -2.50. The lowest BCUT2D eigenvalue weighted by atomic mass is 9.76. The van der Waals surface area contributed by atoms with Crippen molar-refractivity contribution in [1.29, 1.82) is 0 Å². The number of anilines is 1. The maximum Gasteiger partial charge on any atom is 0.234 e. The van der Waals surface area contributed by atoms with Crippen molar-refractivity contribution in [2.45, 2.75) is 18.4 Å². The smallest absolute Gasteiger partial charge is 0.234 e. The summed E-state index contributed by atoms with van der Waals surface area (Å²) in [6.07, 6.45) is 2.00. The lowest BCUT2D eigenvalue weighted by Gasteiger charge is -2.40. The van der Waals surface area contributed by atoms with Gasteiger partial charge in [0.1, 0.15) is 0 Å². The molecule has 3 N–H and O–H groups in total. The Morgan fingerprint density at radius 2 is 2.04 bits per heavy atom. The Morgan fingerprint density at radius 3 is 2.70 bits per heavy atom. The topological polar surface area (TPSA) is 87.7 Å². The van der Waals surface area contributed by atoms with E-state index in [0.717, 1.165) is 31.5 Å². The van der Waals surface area contributed by atoms with Crippen LogP contribution in [-0.2, 0) is 20.4 Å². The molecule has 2 fully saturated rings. The third-order valence-corrected chi connectivity index (χ3v) is 6.30. The van der Waals surface area contributed by atoms with Crippen LogP contribution >= 0.6 is 0 Å². The second kappa shape index (κ2) is 6.39. The molecular weight excluding hydrogens is 316 g/mol. The van der Waals surface area contributed by atoms with Gasteiger partial charge in [-0.05, 0) is 30.5 Å². The van der Waals surface area contributed by atoms with E-state index in [1.807, 2.05) is 6.07 Å². The largest absolute Gasteiger partial charge is 0.384 e. The zero-order valence-corrected chi connectivity index (χ0v) is 14.1. The van der Waals surface area contributed by atoms with Crippen LogP contribution in [0.15, 0.2) is 24.3 Å². The van der Waals surface area contributed by atoms with E-state index >= 15 is 0 Å². The zero-order chi connectivity index (χ0) is 16.5. The first-order chi connectivity index (χ1) is 11.0. The minimum atomic E-state index is -3.44. The molecule has 3 rings (SSSR count).